The lowest BCUT2D eigenvalue weighted by molar-refractivity contribution is 0.352. The van der Waals surface area contributed by atoms with Gasteiger partial charge in [0.2, 0.25) is 0 Å². The molecule has 1 heteroatoms. The van der Waals surface area contributed by atoms with E-state index in [2.05, 4.69) is 19.1 Å². The van der Waals surface area contributed by atoms with Gasteiger partial charge in [-0.2, -0.15) is 0 Å². The maximum Gasteiger partial charge on any atom is 0.142 e. The molecule has 0 aliphatic heterocycles. The van der Waals surface area contributed by atoms with Crippen molar-refractivity contribution in [3.63, 3.8) is 0 Å². The van der Waals surface area contributed by atoms with Gasteiger partial charge in [0, 0.05) is 0 Å². The van der Waals surface area contributed by atoms with Crippen LogP contribution in [-0.2, 0) is 5.11 Å². The first-order chi connectivity index (χ1) is 4.91. The lowest BCUT2D eigenvalue weighted by Crippen LogP contribution is -1.57. The van der Waals surface area contributed by atoms with E-state index in [0.29, 0.717) is 0 Å². The Morgan fingerprint density at radius 3 is 2.50 bits per heavy atom. The molecule has 0 saturated heterocycles. The van der Waals surface area contributed by atoms with Crippen molar-refractivity contribution in [2.24, 2.45) is 0 Å². The van der Waals surface area contributed by atoms with E-state index in [1.807, 2.05) is 6.08 Å². The molecule has 0 aromatic carbocycles. The molecular formula is C9H13O. The molecular weight excluding hydrogens is 124 g/mol. The zero-order chi connectivity index (χ0) is 7.66. The van der Waals surface area contributed by atoms with Gasteiger partial charge in [-0.15, -0.1) is 0 Å². The summed E-state index contributed by atoms with van der Waals surface area (Å²) in [6.07, 6.45) is 12.1. The standard InChI is InChI=1S/C9H13O/c1-2-3-4-5-6-7-8-9-10/h3-4,6-9H,2,5H2,1H3/b4-3+,7-6+,9-8+. The summed E-state index contributed by atoms with van der Waals surface area (Å²) in [6.45, 7) is 2.10. The summed E-state index contributed by atoms with van der Waals surface area (Å²) in [5.41, 5.74) is 0. The minimum Gasteiger partial charge on any atom is -0.299 e. The summed E-state index contributed by atoms with van der Waals surface area (Å²) in [5, 5.41) is 9.77. The summed E-state index contributed by atoms with van der Waals surface area (Å²) in [5.74, 6) is 0. The van der Waals surface area contributed by atoms with E-state index in [0.717, 1.165) is 19.1 Å². The van der Waals surface area contributed by atoms with Crippen LogP contribution >= 0.6 is 0 Å². The predicted molar refractivity (Wildman–Crippen MR) is 43.0 cm³/mol. The molecule has 0 heterocycles. The fourth-order valence-corrected chi connectivity index (χ4v) is 0.544. The van der Waals surface area contributed by atoms with Crippen molar-refractivity contribution in [1.82, 2.24) is 0 Å². The summed E-state index contributed by atoms with van der Waals surface area (Å²) < 4.78 is 0. The van der Waals surface area contributed by atoms with Crippen LogP contribution < -0.4 is 0 Å². The third kappa shape index (κ3) is 7.02. The Labute approximate surface area is 62.4 Å². The molecule has 0 bridgehead atoms. The van der Waals surface area contributed by atoms with Gasteiger partial charge in [0.15, 0.2) is 0 Å². The van der Waals surface area contributed by atoms with Gasteiger partial charge in [-0.1, -0.05) is 31.2 Å². The van der Waals surface area contributed by atoms with Gasteiger partial charge in [0.25, 0.3) is 0 Å². The maximum absolute atomic E-state index is 9.77. The second-order valence-electron chi connectivity index (χ2n) is 1.87. The van der Waals surface area contributed by atoms with Gasteiger partial charge < -0.3 is 0 Å². The van der Waals surface area contributed by atoms with Crippen molar-refractivity contribution in [3.8, 4) is 0 Å². The van der Waals surface area contributed by atoms with E-state index in [-0.39, 0.29) is 0 Å². The first-order valence-electron chi connectivity index (χ1n) is 3.50. The van der Waals surface area contributed by atoms with E-state index in [1.165, 1.54) is 6.08 Å². The van der Waals surface area contributed by atoms with Crippen molar-refractivity contribution in [2.45, 2.75) is 19.8 Å². The molecule has 0 aromatic rings. The topological polar surface area (TPSA) is 19.9 Å². The highest BCUT2D eigenvalue weighted by Gasteiger charge is 1.67. The largest absolute Gasteiger partial charge is 0.299 e. The van der Waals surface area contributed by atoms with Crippen LogP contribution in [0.4, 0.5) is 0 Å². The minimum absolute atomic E-state index is 0.778. The molecule has 0 saturated carbocycles. The van der Waals surface area contributed by atoms with Crippen LogP contribution in [0.15, 0.2) is 36.6 Å². The molecule has 0 fully saturated rings. The monoisotopic (exact) mass is 137 g/mol. The Balaban J connectivity index is 3.26. The zero-order valence-corrected chi connectivity index (χ0v) is 6.29. The number of rotatable bonds is 4. The van der Waals surface area contributed by atoms with Crippen LogP contribution in [-0.4, -0.2) is 0 Å². The average Bonchev–Trinajstić information content (AvgIpc) is 1.97. The number of allylic oxidation sites excluding steroid dienone is 5. The molecule has 0 unspecified atom stereocenters. The van der Waals surface area contributed by atoms with Crippen molar-refractivity contribution < 1.29 is 5.11 Å². The van der Waals surface area contributed by atoms with E-state index in [1.54, 1.807) is 6.08 Å². The maximum atomic E-state index is 9.77. The third-order valence-corrected chi connectivity index (χ3v) is 1.00. The normalized spacial score (nSPS) is 12.5. The molecule has 0 aliphatic rings. The first kappa shape index (κ1) is 9.02. The van der Waals surface area contributed by atoms with E-state index < -0.39 is 0 Å². The second-order valence-corrected chi connectivity index (χ2v) is 1.87. The average molecular weight is 137 g/mol. The summed E-state index contributed by atoms with van der Waals surface area (Å²) >= 11 is 0. The smallest absolute Gasteiger partial charge is 0.142 e. The van der Waals surface area contributed by atoms with Gasteiger partial charge in [-0.25, -0.2) is 0 Å². The molecule has 1 radical (unpaired) electrons. The minimum atomic E-state index is 0.778. The van der Waals surface area contributed by atoms with Crippen LogP contribution in [0.5, 0.6) is 0 Å². The quantitative estimate of drug-likeness (QED) is 0.322. The highest BCUT2D eigenvalue weighted by molar-refractivity contribution is 5.02. The fourth-order valence-electron chi connectivity index (χ4n) is 0.544. The van der Waals surface area contributed by atoms with Gasteiger partial charge >= 0.3 is 0 Å². The van der Waals surface area contributed by atoms with Crippen molar-refractivity contribution >= 4 is 0 Å². The Morgan fingerprint density at radius 2 is 1.90 bits per heavy atom. The molecule has 0 N–H and O–H groups in total. The molecule has 1 nitrogen and oxygen atoms in total. The van der Waals surface area contributed by atoms with E-state index >= 15 is 0 Å². The lowest BCUT2D eigenvalue weighted by Gasteiger charge is -1.78. The molecule has 0 aliphatic carbocycles. The first-order valence-corrected chi connectivity index (χ1v) is 3.50. The van der Waals surface area contributed by atoms with Gasteiger partial charge in [0.1, 0.15) is 6.26 Å². The summed E-state index contributed by atoms with van der Waals surface area (Å²) in [4.78, 5) is 0. The van der Waals surface area contributed by atoms with Crippen molar-refractivity contribution in [2.75, 3.05) is 0 Å². The molecule has 55 valence electrons. The Hall–Kier alpha value is -0.980. The predicted octanol–water partition coefficient (Wildman–Crippen LogP) is 2.84. The van der Waals surface area contributed by atoms with Crippen molar-refractivity contribution in [1.29, 1.82) is 0 Å². The SMILES string of the molecule is CC/C=C/C/C=C/C=C/[O]. The number of hydrogen-bond acceptors (Lipinski definition) is 0. The Kier molecular flexibility index (Phi) is 7.23. The molecule has 0 rings (SSSR count). The number of hydrogen-bond donors (Lipinski definition) is 0. The third-order valence-electron chi connectivity index (χ3n) is 1.00. The van der Waals surface area contributed by atoms with Crippen LogP contribution in [0.3, 0.4) is 0 Å². The van der Waals surface area contributed by atoms with Gasteiger partial charge in [0.05, 0.1) is 0 Å². The molecule has 0 aromatic heterocycles. The lowest BCUT2D eigenvalue weighted by atomic mass is 10.3. The van der Waals surface area contributed by atoms with Crippen LogP contribution in [0, 0.1) is 0 Å². The Morgan fingerprint density at radius 1 is 1.10 bits per heavy atom. The zero-order valence-electron chi connectivity index (χ0n) is 6.29. The second kappa shape index (κ2) is 8.02. The molecule has 0 atom stereocenters. The van der Waals surface area contributed by atoms with E-state index in [9.17, 15) is 5.11 Å². The van der Waals surface area contributed by atoms with Crippen molar-refractivity contribution in [3.05, 3.63) is 36.6 Å². The van der Waals surface area contributed by atoms with Crippen LogP contribution in [0.25, 0.3) is 0 Å². The molecule has 10 heavy (non-hydrogen) atoms. The van der Waals surface area contributed by atoms with Crippen LogP contribution in [0.1, 0.15) is 19.8 Å². The summed E-state index contributed by atoms with van der Waals surface area (Å²) in [6, 6.07) is 0. The highest BCUT2D eigenvalue weighted by atomic mass is 16.2. The van der Waals surface area contributed by atoms with Gasteiger partial charge in [-0.3, -0.25) is 5.11 Å². The van der Waals surface area contributed by atoms with E-state index in [4.69, 9.17) is 0 Å². The molecule has 0 spiro atoms. The molecule has 0 amide bonds. The fraction of sp³-hybridized carbons (Fsp3) is 0.333. The Bertz CT molecular complexity index is 132. The summed E-state index contributed by atoms with van der Waals surface area (Å²) in [7, 11) is 0. The van der Waals surface area contributed by atoms with Crippen LogP contribution in [0.2, 0.25) is 0 Å². The highest BCUT2D eigenvalue weighted by Crippen LogP contribution is 1.88. The van der Waals surface area contributed by atoms with Gasteiger partial charge in [-0.05, 0) is 18.9 Å².